The monoisotopic (exact) mass is 289 g/mol. The average molecular weight is 290 g/mol. The molecule has 0 saturated heterocycles. The zero-order valence-corrected chi connectivity index (χ0v) is 15.3. The first-order valence-corrected chi connectivity index (χ1v) is 8.59. The molecule has 1 aromatic rings. The predicted octanol–water partition coefficient (Wildman–Crippen LogP) is 5.12. The summed E-state index contributed by atoms with van der Waals surface area (Å²) in [7, 11) is 0. The van der Waals surface area contributed by atoms with E-state index in [-0.39, 0.29) is 0 Å². The Hall–Kier alpha value is -0.820. The van der Waals surface area contributed by atoms with Crippen molar-refractivity contribution in [1.82, 2.24) is 5.32 Å². The van der Waals surface area contributed by atoms with Gasteiger partial charge in [-0.25, -0.2) is 0 Å². The maximum atomic E-state index is 3.55. The first-order valence-electron chi connectivity index (χ1n) is 8.59. The molecule has 1 rings (SSSR count). The van der Waals surface area contributed by atoms with Crippen molar-refractivity contribution in [3.05, 3.63) is 33.9 Å². The molecule has 21 heavy (non-hydrogen) atoms. The van der Waals surface area contributed by atoms with Gasteiger partial charge in [-0.05, 0) is 99.7 Å². The Morgan fingerprint density at radius 2 is 1.48 bits per heavy atom. The molecule has 0 aliphatic carbocycles. The quantitative estimate of drug-likeness (QED) is 0.655. The number of rotatable bonds is 8. The maximum Gasteiger partial charge on any atom is -0.00258 e. The molecule has 1 atom stereocenters. The van der Waals surface area contributed by atoms with Gasteiger partial charge >= 0.3 is 0 Å². The third-order valence-corrected chi connectivity index (χ3v) is 4.77. The summed E-state index contributed by atoms with van der Waals surface area (Å²) in [5.41, 5.74) is 7.49. The summed E-state index contributed by atoms with van der Waals surface area (Å²) < 4.78 is 0. The Bertz CT molecular complexity index is 419. The Labute approximate surface area is 132 Å². The first kappa shape index (κ1) is 18.2. The normalized spacial score (nSPS) is 13.0. The molecule has 0 bridgehead atoms. The fourth-order valence-corrected chi connectivity index (χ4v) is 2.95. The van der Waals surface area contributed by atoms with Crippen LogP contribution in [0.15, 0.2) is 6.07 Å². The lowest BCUT2D eigenvalue weighted by molar-refractivity contribution is 0.453. The highest BCUT2D eigenvalue weighted by Crippen LogP contribution is 2.24. The zero-order valence-electron chi connectivity index (χ0n) is 15.3. The number of benzene rings is 1. The minimum atomic E-state index is 0.751. The van der Waals surface area contributed by atoms with Crippen LogP contribution in [0.5, 0.6) is 0 Å². The Kier molecular flexibility index (Phi) is 7.45. The van der Waals surface area contributed by atoms with Crippen LogP contribution in [0, 0.1) is 39.5 Å². The van der Waals surface area contributed by atoms with Gasteiger partial charge in [-0.2, -0.15) is 0 Å². The summed E-state index contributed by atoms with van der Waals surface area (Å²) in [6.45, 7) is 18.3. The Morgan fingerprint density at radius 3 is 2.00 bits per heavy atom. The summed E-state index contributed by atoms with van der Waals surface area (Å²) >= 11 is 0. The van der Waals surface area contributed by atoms with Crippen molar-refractivity contribution < 1.29 is 0 Å². The number of hydrogen-bond acceptors (Lipinski definition) is 1. The third kappa shape index (κ3) is 5.82. The van der Waals surface area contributed by atoms with Crippen LogP contribution in [-0.4, -0.2) is 13.1 Å². The molecule has 0 aliphatic heterocycles. The van der Waals surface area contributed by atoms with Crippen molar-refractivity contribution >= 4 is 0 Å². The molecule has 0 heterocycles. The van der Waals surface area contributed by atoms with E-state index in [0.717, 1.165) is 24.9 Å². The van der Waals surface area contributed by atoms with Crippen LogP contribution in [0.1, 0.15) is 61.4 Å². The van der Waals surface area contributed by atoms with Crippen LogP contribution in [0.2, 0.25) is 0 Å². The van der Waals surface area contributed by atoms with E-state index in [0.29, 0.717) is 0 Å². The van der Waals surface area contributed by atoms with Crippen molar-refractivity contribution in [3.8, 4) is 0 Å². The van der Waals surface area contributed by atoms with Crippen LogP contribution < -0.4 is 5.32 Å². The van der Waals surface area contributed by atoms with E-state index in [2.05, 4.69) is 59.8 Å². The fourth-order valence-electron chi connectivity index (χ4n) is 2.95. The van der Waals surface area contributed by atoms with E-state index in [1.807, 2.05) is 0 Å². The average Bonchev–Trinajstić information content (AvgIpc) is 2.41. The number of nitrogens with one attached hydrogen (secondary N) is 1. The molecule has 0 aliphatic rings. The highest BCUT2D eigenvalue weighted by atomic mass is 14.8. The lowest BCUT2D eigenvalue weighted by Crippen LogP contribution is -2.22. The van der Waals surface area contributed by atoms with Gasteiger partial charge in [0.2, 0.25) is 0 Å². The van der Waals surface area contributed by atoms with Gasteiger partial charge in [-0.3, -0.25) is 0 Å². The van der Waals surface area contributed by atoms with E-state index in [9.17, 15) is 0 Å². The van der Waals surface area contributed by atoms with Crippen LogP contribution in [0.25, 0.3) is 0 Å². The van der Waals surface area contributed by atoms with Crippen molar-refractivity contribution in [2.45, 2.75) is 67.7 Å². The minimum Gasteiger partial charge on any atom is -0.316 e. The smallest absolute Gasteiger partial charge is 0.00258 e. The fraction of sp³-hybridized carbons (Fsp3) is 0.700. The van der Waals surface area contributed by atoms with Crippen molar-refractivity contribution in [2.24, 2.45) is 11.8 Å². The summed E-state index contributed by atoms with van der Waals surface area (Å²) in [4.78, 5) is 0. The van der Waals surface area contributed by atoms with Gasteiger partial charge in [0.15, 0.2) is 0 Å². The second-order valence-electron chi connectivity index (χ2n) is 7.27. The first-order chi connectivity index (χ1) is 9.82. The largest absolute Gasteiger partial charge is 0.316 e. The third-order valence-electron chi connectivity index (χ3n) is 4.77. The molecule has 0 saturated carbocycles. The zero-order chi connectivity index (χ0) is 16.0. The Morgan fingerprint density at radius 1 is 0.905 bits per heavy atom. The van der Waals surface area contributed by atoms with Crippen molar-refractivity contribution in [3.63, 3.8) is 0 Å². The molecule has 0 amide bonds. The molecule has 0 fully saturated rings. The molecule has 0 spiro atoms. The van der Waals surface area contributed by atoms with Gasteiger partial charge in [0.1, 0.15) is 0 Å². The lowest BCUT2D eigenvalue weighted by atomic mass is 9.89. The molecular weight excluding hydrogens is 254 g/mol. The van der Waals surface area contributed by atoms with Crippen LogP contribution in [-0.2, 0) is 6.42 Å². The predicted molar refractivity (Wildman–Crippen MR) is 95.2 cm³/mol. The lowest BCUT2D eigenvalue weighted by Gasteiger charge is -2.18. The highest BCUT2D eigenvalue weighted by Gasteiger charge is 2.10. The van der Waals surface area contributed by atoms with Gasteiger partial charge in [-0.1, -0.05) is 26.8 Å². The summed E-state index contributed by atoms with van der Waals surface area (Å²) in [5.74, 6) is 1.55. The van der Waals surface area contributed by atoms with Gasteiger partial charge in [-0.15, -0.1) is 0 Å². The second kappa shape index (κ2) is 8.58. The molecule has 120 valence electrons. The van der Waals surface area contributed by atoms with Gasteiger partial charge in [0.25, 0.3) is 0 Å². The van der Waals surface area contributed by atoms with E-state index in [1.165, 1.54) is 41.5 Å². The molecule has 1 unspecified atom stereocenters. The van der Waals surface area contributed by atoms with Crippen LogP contribution >= 0.6 is 0 Å². The van der Waals surface area contributed by atoms with E-state index in [1.54, 1.807) is 5.56 Å². The van der Waals surface area contributed by atoms with Crippen molar-refractivity contribution in [2.75, 3.05) is 13.1 Å². The van der Waals surface area contributed by atoms with Crippen LogP contribution in [0.4, 0.5) is 0 Å². The van der Waals surface area contributed by atoms with Crippen LogP contribution in [0.3, 0.4) is 0 Å². The molecule has 0 aromatic heterocycles. The van der Waals surface area contributed by atoms with E-state index in [4.69, 9.17) is 0 Å². The van der Waals surface area contributed by atoms with E-state index >= 15 is 0 Å². The summed E-state index contributed by atoms with van der Waals surface area (Å²) in [6.07, 6.45) is 3.81. The maximum absolute atomic E-state index is 3.55. The minimum absolute atomic E-state index is 0.751. The molecule has 1 nitrogen and oxygen atoms in total. The molecule has 1 N–H and O–H groups in total. The molecule has 1 heteroatoms. The topological polar surface area (TPSA) is 12.0 Å². The molecule has 1 aromatic carbocycles. The summed E-state index contributed by atoms with van der Waals surface area (Å²) in [5, 5.41) is 3.55. The molecule has 0 radical (unpaired) electrons. The summed E-state index contributed by atoms with van der Waals surface area (Å²) in [6, 6.07) is 2.33. The second-order valence-corrected chi connectivity index (χ2v) is 7.27. The van der Waals surface area contributed by atoms with Gasteiger partial charge in [0, 0.05) is 0 Å². The SMILES string of the molecule is Cc1cc(C)c(C)c(CCC(C)CCNCC(C)C)c1C. The molecular formula is C20H35N. The van der Waals surface area contributed by atoms with Crippen molar-refractivity contribution in [1.29, 1.82) is 0 Å². The standard InChI is InChI=1S/C20H35N/c1-14(2)13-21-11-10-15(3)8-9-20-18(6)16(4)12-17(5)19(20)7/h12,14-15,21H,8-11,13H2,1-7H3. The Balaban J connectivity index is 2.48. The van der Waals surface area contributed by atoms with Gasteiger partial charge in [0.05, 0.1) is 0 Å². The number of hydrogen-bond donors (Lipinski definition) is 1. The van der Waals surface area contributed by atoms with Gasteiger partial charge < -0.3 is 5.32 Å². The number of aryl methyl sites for hydroxylation is 2. The van der Waals surface area contributed by atoms with E-state index < -0.39 is 0 Å². The highest BCUT2D eigenvalue weighted by molar-refractivity contribution is 5.44.